The third kappa shape index (κ3) is 2.75. The van der Waals surface area contributed by atoms with Gasteiger partial charge in [0.2, 0.25) is 0 Å². The maximum absolute atomic E-state index is 5.46. The van der Waals surface area contributed by atoms with Crippen molar-refractivity contribution in [3.63, 3.8) is 0 Å². The van der Waals surface area contributed by atoms with Crippen LogP contribution in [0.3, 0.4) is 0 Å². The zero-order chi connectivity index (χ0) is 13.9. The first-order valence-electron chi connectivity index (χ1n) is 6.10. The van der Waals surface area contributed by atoms with Crippen molar-refractivity contribution in [2.75, 3.05) is 5.32 Å². The molecule has 1 aromatic carbocycles. The number of furan rings is 1. The van der Waals surface area contributed by atoms with Crippen LogP contribution in [0, 0.1) is 6.92 Å². The first kappa shape index (κ1) is 12.9. The molecule has 0 atom stereocenters. The molecule has 1 N–H and O–H groups in total. The Morgan fingerprint density at radius 1 is 1.20 bits per heavy atom. The van der Waals surface area contributed by atoms with E-state index in [1.54, 1.807) is 6.92 Å². The largest absolute Gasteiger partial charge is 0.452 e. The molecule has 6 heteroatoms. The Morgan fingerprint density at radius 2 is 2.05 bits per heavy atom. The van der Waals surface area contributed by atoms with Gasteiger partial charge in [0, 0.05) is 5.69 Å². The molecule has 2 aromatic heterocycles. The summed E-state index contributed by atoms with van der Waals surface area (Å²) in [4.78, 5) is 4.25. The van der Waals surface area contributed by atoms with Crippen LogP contribution in [0.2, 0.25) is 0 Å². The topological polar surface area (TPSA) is 64.1 Å². The van der Waals surface area contributed by atoms with Crippen molar-refractivity contribution in [2.24, 2.45) is 0 Å². The second-order valence-corrected chi connectivity index (χ2v) is 5.03. The highest BCUT2D eigenvalue weighted by atomic mass is 79.9. The summed E-state index contributed by atoms with van der Waals surface area (Å²) in [5, 5.41) is 7.13. The quantitative estimate of drug-likeness (QED) is 0.781. The SMILES string of the molecule is Cc1noc(-c2ccccc2NCc2ccc(Br)o2)n1. The lowest BCUT2D eigenvalue weighted by Gasteiger charge is -2.07. The fourth-order valence-corrected chi connectivity index (χ4v) is 2.20. The molecule has 0 aliphatic heterocycles. The predicted molar refractivity (Wildman–Crippen MR) is 78.2 cm³/mol. The summed E-state index contributed by atoms with van der Waals surface area (Å²) in [5.41, 5.74) is 1.79. The second kappa shape index (κ2) is 5.50. The summed E-state index contributed by atoms with van der Waals surface area (Å²) >= 11 is 3.28. The fraction of sp³-hybridized carbons (Fsp3) is 0.143. The average molecular weight is 334 g/mol. The summed E-state index contributed by atoms with van der Waals surface area (Å²) < 4.78 is 11.4. The molecule has 3 aromatic rings. The molecular weight excluding hydrogens is 322 g/mol. The summed E-state index contributed by atoms with van der Waals surface area (Å²) in [6.07, 6.45) is 0. The lowest BCUT2D eigenvalue weighted by atomic mass is 10.1. The van der Waals surface area contributed by atoms with E-state index in [9.17, 15) is 0 Å². The highest BCUT2D eigenvalue weighted by Gasteiger charge is 2.11. The van der Waals surface area contributed by atoms with Crippen LogP contribution in [0.4, 0.5) is 5.69 Å². The van der Waals surface area contributed by atoms with Gasteiger partial charge in [-0.05, 0) is 47.1 Å². The molecule has 20 heavy (non-hydrogen) atoms. The van der Waals surface area contributed by atoms with Gasteiger partial charge in [0.05, 0.1) is 12.1 Å². The van der Waals surface area contributed by atoms with Gasteiger partial charge in [-0.3, -0.25) is 0 Å². The lowest BCUT2D eigenvalue weighted by Crippen LogP contribution is -1.99. The Morgan fingerprint density at radius 3 is 2.75 bits per heavy atom. The maximum Gasteiger partial charge on any atom is 0.260 e. The van der Waals surface area contributed by atoms with Gasteiger partial charge in [0.25, 0.3) is 5.89 Å². The van der Waals surface area contributed by atoms with Crippen molar-refractivity contribution < 1.29 is 8.94 Å². The number of rotatable bonds is 4. The smallest absolute Gasteiger partial charge is 0.260 e. The number of hydrogen-bond acceptors (Lipinski definition) is 5. The van der Waals surface area contributed by atoms with Crippen molar-refractivity contribution >= 4 is 21.6 Å². The number of benzene rings is 1. The third-order valence-corrected chi connectivity index (χ3v) is 3.19. The van der Waals surface area contributed by atoms with Crippen LogP contribution in [0.15, 0.2) is 50.0 Å². The van der Waals surface area contributed by atoms with Gasteiger partial charge in [-0.1, -0.05) is 17.3 Å². The van der Waals surface area contributed by atoms with Gasteiger partial charge in [0.1, 0.15) is 5.76 Å². The molecule has 0 amide bonds. The third-order valence-electron chi connectivity index (χ3n) is 2.77. The number of hydrogen-bond donors (Lipinski definition) is 1. The van der Waals surface area contributed by atoms with Gasteiger partial charge in [0.15, 0.2) is 10.5 Å². The zero-order valence-corrected chi connectivity index (χ0v) is 12.3. The summed E-state index contributed by atoms with van der Waals surface area (Å²) in [6, 6.07) is 11.6. The number of para-hydroxylation sites is 1. The van der Waals surface area contributed by atoms with Crippen LogP contribution in [-0.4, -0.2) is 10.1 Å². The maximum atomic E-state index is 5.46. The Bertz CT molecular complexity index is 721. The fourth-order valence-electron chi connectivity index (χ4n) is 1.86. The van der Waals surface area contributed by atoms with Crippen molar-refractivity contribution in [3.05, 3.63) is 52.7 Å². The molecule has 5 nitrogen and oxygen atoms in total. The van der Waals surface area contributed by atoms with Gasteiger partial charge >= 0.3 is 0 Å². The van der Waals surface area contributed by atoms with E-state index in [0.29, 0.717) is 18.3 Å². The number of aromatic nitrogens is 2. The minimum Gasteiger partial charge on any atom is -0.452 e. The summed E-state index contributed by atoms with van der Waals surface area (Å²) in [7, 11) is 0. The average Bonchev–Trinajstić information content (AvgIpc) is 3.06. The number of nitrogens with zero attached hydrogens (tertiary/aromatic N) is 2. The van der Waals surface area contributed by atoms with E-state index >= 15 is 0 Å². The van der Waals surface area contributed by atoms with Crippen LogP contribution in [0.5, 0.6) is 0 Å². The molecule has 0 aliphatic carbocycles. The standard InChI is InChI=1S/C14H12BrN3O2/c1-9-17-14(20-18-9)11-4-2-3-5-12(11)16-8-10-6-7-13(15)19-10/h2-7,16H,8H2,1H3. The molecule has 102 valence electrons. The van der Waals surface area contributed by atoms with E-state index < -0.39 is 0 Å². The van der Waals surface area contributed by atoms with E-state index in [0.717, 1.165) is 21.7 Å². The van der Waals surface area contributed by atoms with E-state index in [1.807, 2.05) is 36.4 Å². The van der Waals surface area contributed by atoms with Gasteiger partial charge in [-0.25, -0.2) is 0 Å². The minimum atomic E-state index is 0.506. The molecule has 2 heterocycles. The van der Waals surface area contributed by atoms with Gasteiger partial charge in [-0.15, -0.1) is 0 Å². The predicted octanol–water partition coefficient (Wildman–Crippen LogP) is 4.01. The Balaban J connectivity index is 1.83. The van der Waals surface area contributed by atoms with Crippen LogP contribution in [-0.2, 0) is 6.54 Å². The molecule has 0 saturated heterocycles. The summed E-state index contributed by atoms with van der Waals surface area (Å²) in [6.45, 7) is 2.37. The molecule has 0 saturated carbocycles. The van der Waals surface area contributed by atoms with E-state index in [-0.39, 0.29) is 0 Å². The molecule has 0 radical (unpaired) electrons. The Labute approximate surface area is 124 Å². The first-order chi connectivity index (χ1) is 9.72. The second-order valence-electron chi connectivity index (χ2n) is 4.25. The van der Waals surface area contributed by atoms with Crippen molar-refractivity contribution in [3.8, 4) is 11.5 Å². The van der Waals surface area contributed by atoms with Gasteiger partial charge < -0.3 is 14.3 Å². The van der Waals surface area contributed by atoms with Crippen LogP contribution < -0.4 is 5.32 Å². The van der Waals surface area contributed by atoms with E-state index in [1.165, 1.54) is 0 Å². The molecule has 0 bridgehead atoms. The highest BCUT2D eigenvalue weighted by Crippen LogP contribution is 2.27. The number of anilines is 1. The van der Waals surface area contributed by atoms with E-state index in [2.05, 4.69) is 31.4 Å². The van der Waals surface area contributed by atoms with Crippen LogP contribution in [0.25, 0.3) is 11.5 Å². The summed E-state index contributed by atoms with van der Waals surface area (Å²) in [5.74, 6) is 1.96. The van der Waals surface area contributed by atoms with Crippen molar-refractivity contribution in [2.45, 2.75) is 13.5 Å². The minimum absolute atomic E-state index is 0.506. The molecule has 3 rings (SSSR count). The molecule has 0 aliphatic rings. The Hall–Kier alpha value is -2.08. The van der Waals surface area contributed by atoms with Crippen molar-refractivity contribution in [1.29, 1.82) is 0 Å². The normalized spacial score (nSPS) is 10.7. The van der Waals surface area contributed by atoms with Crippen LogP contribution >= 0.6 is 15.9 Å². The first-order valence-corrected chi connectivity index (χ1v) is 6.89. The molecule has 0 unspecified atom stereocenters. The monoisotopic (exact) mass is 333 g/mol. The molecule has 0 spiro atoms. The molecule has 0 fully saturated rings. The van der Waals surface area contributed by atoms with Gasteiger partial charge in [-0.2, -0.15) is 4.98 Å². The highest BCUT2D eigenvalue weighted by molar-refractivity contribution is 9.10. The van der Waals surface area contributed by atoms with Crippen LogP contribution in [0.1, 0.15) is 11.6 Å². The number of nitrogens with one attached hydrogen (secondary N) is 1. The number of aryl methyl sites for hydroxylation is 1. The van der Waals surface area contributed by atoms with Crippen molar-refractivity contribution in [1.82, 2.24) is 10.1 Å². The zero-order valence-electron chi connectivity index (χ0n) is 10.8. The number of halogens is 1. The Kier molecular flexibility index (Phi) is 3.56. The van der Waals surface area contributed by atoms with E-state index in [4.69, 9.17) is 8.94 Å². The molecular formula is C14H12BrN3O2. The lowest BCUT2D eigenvalue weighted by molar-refractivity contribution is 0.425.